The molecule has 2 heterocycles. The van der Waals surface area contributed by atoms with Crippen LogP contribution in [0.25, 0.3) is 11.4 Å². The van der Waals surface area contributed by atoms with Crippen molar-refractivity contribution in [2.45, 2.75) is 31.8 Å². The van der Waals surface area contributed by atoms with Crippen LogP contribution in [0.1, 0.15) is 25.8 Å². The van der Waals surface area contributed by atoms with E-state index in [1.807, 2.05) is 10.8 Å². The van der Waals surface area contributed by atoms with Crippen molar-refractivity contribution in [2.75, 3.05) is 6.54 Å². The minimum Gasteiger partial charge on any atom is -0.328 e. The van der Waals surface area contributed by atoms with Crippen LogP contribution >= 0.6 is 0 Å². The smallest absolute Gasteiger partial charge is 0.146 e. The van der Waals surface area contributed by atoms with E-state index >= 15 is 0 Å². The van der Waals surface area contributed by atoms with Crippen LogP contribution in [0.2, 0.25) is 0 Å². The lowest BCUT2D eigenvalue weighted by molar-refractivity contribution is 0.315. The fraction of sp³-hybridized carbons (Fsp3) is 0.400. The summed E-state index contributed by atoms with van der Waals surface area (Å²) in [5.41, 5.74) is -0.0383. The molecule has 1 saturated heterocycles. The minimum absolute atomic E-state index is 0.0383. The Morgan fingerprint density at radius 3 is 2.75 bits per heavy atom. The Morgan fingerprint density at radius 1 is 1.30 bits per heavy atom. The number of nitrogens with zero attached hydrogens (tertiary/aromatic N) is 2. The molecule has 1 aromatic carbocycles. The summed E-state index contributed by atoms with van der Waals surface area (Å²) in [5, 5.41) is 3.37. The van der Waals surface area contributed by atoms with E-state index in [2.05, 4.69) is 17.2 Å². The predicted molar refractivity (Wildman–Crippen MR) is 73.3 cm³/mol. The Bertz CT molecular complexity index is 589. The molecule has 2 aromatic rings. The highest BCUT2D eigenvalue weighted by Gasteiger charge is 2.24. The van der Waals surface area contributed by atoms with Crippen molar-refractivity contribution in [1.82, 2.24) is 14.9 Å². The van der Waals surface area contributed by atoms with Gasteiger partial charge in [-0.05, 0) is 38.4 Å². The zero-order valence-electron chi connectivity index (χ0n) is 11.3. The van der Waals surface area contributed by atoms with E-state index in [4.69, 9.17) is 0 Å². The first-order valence-corrected chi connectivity index (χ1v) is 6.87. The lowest BCUT2D eigenvalue weighted by atomic mass is 10.00. The van der Waals surface area contributed by atoms with Gasteiger partial charge in [-0.1, -0.05) is 6.07 Å². The number of nitrogens with one attached hydrogen (secondary N) is 1. The Hall–Kier alpha value is -1.75. The molecule has 3 nitrogen and oxygen atoms in total. The van der Waals surface area contributed by atoms with Gasteiger partial charge in [0, 0.05) is 24.5 Å². The van der Waals surface area contributed by atoms with Gasteiger partial charge in [0.25, 0.3) is 0 Å². The summed E-state index contributed by atoms with van der Waals surface area (Å²) in [7, 11) is 0. The third-order valence-corrected chi connectivity index (χ3v) is 3.84. The molecule has 0 unspecified atom stereocenters. The summed E-state index contributed by atoms with van der Waals surface area (Å²) in [6.07, 6.45) is 5.28. The average Bonchev–Trinajstić information content (AvgIpc) is 2.87. The molecule has 1 aromatic heterocycles. The monoisotopic (exact) mass is 277 g/mol. The Kier molecular flexibility index (Phi) is 3.53. The lowest BCUT2D eigenvalue weighted by Gasteiger charge is -2.30. The SMILES string of the molecule is C[C@H]1C[C@H](n2ccnc2-c2c(F)cccc2F)CCN1. The van der Waals surface area contributed by atoms with E-state index in [-0.39, 0.29) is 11.6 Å². The van der Waals surface area contributed by atoms with E-state index in [0.29, 0.717) is 11.9 Å². The second kappa shape index (κ2) is 5.32. The van der Waals surface area contributed by atoms with Gasteiger partial charge in [-0.3, -0.25) is 0 Å². The number of imidazole rings is 1. The Labute approximate surface area is 116 Å². The lowest BCUT2D eigenvalue weighted by Crippen LogP contribution is -2.36. The summed E-state index contributed by atoms with van der Waals surface area (Å²) < 4.78 is 29.8. The molecular formula is C15H17F2N3. The first kappa shape index (κ1) is 13.2. The van der Waals surface area contributed by atoms with Gasteiger partial charge in [0.05, 0.1) is 5.56 Å². The standard InChI is InChI=1S/C15H17F2N3/c1-10-9-11(5-6-18-10)20-8-7-19-15(20)14-12(16)3-2-4-13(14)17/h2-4,7-8,10-11,18H,5-6,9H2,1H3/t10-,11+/m0/s1. The van der Waals surface area contributed by atoms with Crippen molar-refractivity contribution < 1.29 is 8.78 Å². The highest BCUT2D eigenvalue weighted by Crippen LogP contribution is 2.30. The van der Waals surface area contributed by atoms with E-state index in [1.54, 1.807) is 6.20 Å². The molecule has 0 bridgehead atoms. The van der Waals surface area contributed by atoms with Crippen LogP contribution in [0, 0.1) is 11.6 Å². The van der Waals surface area contributed by atoms with Gasteiger partial charge in [-0.2, -0.15) is 0 Å². The number of hydrogen-bond acceptors (Lipinski definition) is 2. The van der Waals surface area contributed by atoms with Crippen molar-refractivity contribution in [3.8, 4) is 11.4 Å². The van der Waals surface area contributed by atoms with Crippen molar-refractivity contribution >= 4 is 0 Å². The molecule has 106 valence electrons. The van der Waals surface area contributed by atoms with Crippen LogP contribution in [0.15, 0.2) is 30.6 Å². The maximum absolute atomic E-state index is 13.9. The molecule has 3 rings (SSSR count). The van der Waals surface area contributed by atoms with Gasteiger partial charge in [0.2, 0.25) is 0 Å². The first-order chi connectivity index (χ1) is 9.66. The number of piperidine rings is 1. The van der Waals surface area contributed by atoms with Gasteiger partial charge < -0.3 is 9.88 Å². The summed E-state index contributed by atoms with van der Waals surface area (Å²) in [5.74, 6) is -0.765. The molecule has 1 N–H and O–H groups in total. The van der Waals surface area contributed by atoms with Crippen LogP contribution < -0.4 is 5.32 Å². The fourth-order valence-corrected chi connectivity index (χ4v) is 2.87. The fourth-order valence-electron chi connectivity index (χ4n) is 2.87. The molecule has 1 fully saturated rings. The third kappa shape index (κ3) is 2.33. The maximum atomic E-state index is 13.9. The van der Waals surface area contributed by atoms with Crippen LogP contribution in [0.3, 0.4) is 0 Å². The van der Waals surface area contributed by atoms with Gasteiger partial charge in [-0.15, -0.1) is 0 Å². The predicted octanol–water partition coefficient (Wildman–Crippen LogP) is 3.14. The molecule has 0 spiro atoms. The summed E-state index contributed by atoms with van der Waals surface area (Å²) >= 11 is 0. The molecule has 2 atom stereocenters. The third-order valence-electron chi connectivity index (χ3n) is 3.84. The number of aromatic nitrogens is 2. The normalized spacial score (nSPS) is 22.9. The Morgan fingerprint density at radius 2 is 2.05 bits per heavy atom. The number of benzene rings is 1. The van der Waals surface area contributed by atoms with E-state index in [1.165, 1.54) is 18.2 Å². The molecule has 0 radical (unpaired) electrons. The topological polar surface area (TPSA) is 29.9 Å². The van der Waals surface area contributed by atoms with E-state index in [9.17, 15) is 8.78 Å². The largest absolute Gasteiger partial charge is 0.328 e. The highest BCUT2D eigenvalue weighted by atomic mass is 19.1. The van der Waals surface area contributed by atoms with Crippen LogP contribution in [0.5, 0.6) is 0 Å². The van der Waals surface area contributed by atoms with Crippen LogP contribution in [0.4, 0.5) is 8.78 Å². The zero-order valence-corrected chi connectivity index (χ0v) is 11.3. The van der Waals surface area contributed by atoms with Crippen molar-refractivity contribution in [3.63, 3.8) is 0 Å². The van der Waals surface area contributed by atoms with Gasteiger partial charge in [0.1, 0.15) is 17.5 Å². The summed E-state index contributed by atoms with van der Waals surface area (Å²) in [6, 6.07) is 4.52. The van der Waals surface area contributed by atoms with E-state index < -0.39 is 11.6 Å². The molecule has 0 saturated carbocycles. The van der Waals surface area contributed by atoms with Crippen LogP contribution in [-0.4, -0.2) is 22.1 Å². The maximum Gasteiger partial charge on any atom is 0.146 e. The molecule has 1 aliphatic heterocycles. The summed E-state index contributed by atoms with van der Waals surface area (Å²) in [4.78, 5) is 4.17. The number of halogens is 2. The summed E-state index contributed by atoms with van der Waals surface area (Å²) in [6.45, 7) is 3.02. The van der Waals surface area contributed by atoms with Crippen LogP contribution in [-0.2, 0) is 0 Å². The second-order valence-corrected chi connectivity index (χ2v) is 5.29. The highest BCUT2D eigenvalue weighted by molar-refractivity contribution is 5.57. The quantitative estimate of drug-likeness (QED) is 0.914. The van der Waals surface area contributed by atoms with Gasteiger partial charge in [0.15, 0.2) is 0 Å². The molecule has 0 amide bonds. The first-order valence-electron chi connectivity index (χ1n) is 6.87. The minimum atomic E-state index is -0.570. The molecule has 0 aliphatic carbocycles. The molecular weight excluding hydrogens is 260 g/mol. The van der Waals surface area contributed by atoms with E-state index in [0.717, 1.165) is 19.4 Å². The van der Waals surface area contributed by atoms with Crippen molar-refractivity contribution in [2.24, 2.45) is 0 Å². The van der Waals surface area contributed by atoms with Crippen molar-refractivity contribution in [3.05, 3.63) is 42.2 Å². The Balaban J connectivity index is 2.02. The van der Waals surface area contributed by atoms with Crippen molar-refractivity contribution in [1.29, 1.82) is 0 Å². The molecule has 5 heteroatoms. The van der Waals surface area contributed by atoms with Gasteiger partial charge in [-0.25, -0.2) is 13.8 Å². The molecule has 1 aliphatic rings. The number of hydrogen-bond donors (Lipinski definition) is 1. The average molecular weight is 277 g/mol. The second-order valence-electron chi connectivity index (χ2n) is 5.29. The zero-order chi connectivity index (χ0) is 14.1. The molecule has 20 heavy (non-hydrogen) atoms. The van der Waals surface area contributed by atoms with Gasteiger partial charge >= 0.3 is 0 Å². The number of rotatable bonds is 2.